The summed E-state index contributed by atoms with van der Waals surface area (Å²) in [5.41, 5.74) is 2.67. The van der Waals surface area contributed by atoms with E-state index in [9.17, 15) is 4.79 Å². The summed E-state index contributed by atoms with van der Waals surface area (Å²) in [5.74, 6) is 1.30. The topological polar surface area (TPSA) is 101 Å². The summed E-state index contributed by atoms with van der Waals surface area (Å²) < 4.78 is 0. The Morgan fingerprint density at radius 2 is 2.21 bits per heavy atom. The summed E-state index contributed by atoms with van der Waals surface area (Å²) >= 11 is 0. The molecule has 2 heterocycles. The molecule has 0 aliphatic heterocycles. The van der Waals surface area contributed by atoms with Crippen LogP contribution in [-0.2, 0) is 11.3 Å². The molecule has 0 spiro atoms. The third kappa shape index (κ3) is 2.99. The highest BCUT2D eigenvalue weighted by molar-refractivity contribution is 5.80. The van der Waals surface area contributed by atoms with Gasteiger partial charge >= 0.3 is 0 Å². The summed E-state index contributed by atoms with van der Waals surface area (Å²) in [6.45, 7) is 2.01. The molecule has 2 N–H and O–H groups in total. The molecule has 0 radical (unpaired) electrons. The Labute approximate surface area is 138 Å². The minimum Gasteiger partial charge on any atom is -0.352 e. The van der Waals surface area contributed by atoms with E-state index in [1.54, 1.807) is 0 Å². The SMILES string of the molecule is Cc1nc2ccc(-c3nnn(CC(=O)NC4CCCC4)n3)cc2[nH]1. The predicted molar refractivity (Wildman–Crippen MR) is 88.0 cm³/mol. The van der Waals surface area contributed by atoms with Crippen LogP contribution in [0.15, 0.2) is 18.2 Å². The van der Waals surface area contributed by atoms with Gasteiger partial charge in [0.25, 0.3) is 0 Å². The maximum absolute atomic E-state index is 12.0. The second-order valence-corrected chi connectivity index (χ2v) is 6.25. The lowest BCUT2D eigenvalue weighted by molar-refractivity contribution is -0.122. The Kier molecular flexibility index (Phi) is 3.72. The van der Waals surface area contributed by atoms with Crippen LogP contribution in [0.2, 0.25) is 0 Å². The van der Waals surface area contributed by atoms with Gasteiger partial charge in [-0.2, -0.15) is 4.80 Å². The fourth-order valence-electron chi connectivity index (χ4n) is 3.17. The molecule has 2 aromatic heterocycles. The predicted octanol–water partition coefficient (Wildman–Crippen LogP) is 1.58. The first-order valence-electron chi connectivity index (χ1n) is 8.21. The van der Waals surface area contributed by atoms with Gasteiger partial charge in [0.15, 0.2) is 0 Å². The fraction of sp³-hybridized carbons (Fsp3) is 0.438. The van der Waals surface area contributed by atoms with E-state index in [0.717, 1.165) is 35.3 Å². The van der Waals surface area contributed by atoms with E-state index >= 15 is 0 Å². The van der Waals surface area contributed by atoms with E-state index in [1.165, 1.54) is 17.6 Å². The number of aryl methyl sites for hydroxylation is 1. The van der Waals surface area contributed by atoms with Crippen molar-refractivity contribution in [1.29, 1.82) is 0 Å². The molecule has 1 fully saturated rings. The van der Waals surface area contributed by atoms with E-state index < -0.39 is 0 Å². The average molecular weight is 325 g/mol. The smallest absolute Gasteiger partial charge is 0.243 e. The Morgan fingerprint density at radius 3 is 3.04 bits per heavy atom. The largest absolute Gasteiger partial charge is 0.352 e. The number of aromatic amines is 1. The lowest BCUT2D eigenvalue weighted by atomic mass is 10.2. The second kappa shape index (κ2) is 6.03. The number of H-pyrrole nitrogens is 1. The van der Waals surface area contributed by atoms with Gasteiger partial charge < -0.3 is 10.3 Å². The quantitative estimate of drug-likeness (QED) is 0.758. The lowest BCUT2D eigenvalue weighted by Crippen LogP contribution is -2.35. The molecule has 3 aromatic rings. The van der Waals surface area contributed by atoms with Crippen molar-refractivity contribution in [2.75, 3.05) is 0 Å². The first-order valence-corrected chi connectivity index (χ1v) is 8.21. The first-order chi connectivity index (χ1) is 11.7. The molecule has 1 aliphatic rings. The van der Waals surface area contributed by atoms with E-state index in [4.69, 9.17) is 0 Å². The van der Waals surface area contributed by atoms with Crippen molar-refractivity contribution in [1.82, 2.24) is 35.5 Å². The van der Waals surface area contributed by atoms with Crippen molar-refractivity contribution in [2.45, 2.75) is 45.2 Å². The molecule has 0 bridgehead atoms. The molecular formula is C16H19N7O. The van der Waals surface area contributed by atoms with Crippen molar-refractivity contribution in [3.63, 3.8) is 0 Å². The molecule has 1 aliphatic carbocycles. The third-order valence-electron chi connectivity index (χ3n) is 4.32. The molecule has 4 rings (SSSR count). The standard InChI is InChI=1S/C16H19N7O/c1-10-17-13-7-6-11(8-14(13)18-10)16-20-22-23(21-16)9-15(24)19-12-4-2-3-5-12/h6-8,12H,2-5,9H2,1H3,(H,17,18)(H,19,24). The van der Waals surface area contributed by atoms with Crippen LogP contribution in [0.25, 0.3) is 22.4 Å². The molecular weight excluding hydrogens is 306 g/mol. The highest BCUT2D eigenvalue weighted by Crippen LogP contribution is 2.20. The van der Waals surface area contributed by atoms with Crippen LogP contribution in [0, 0.1) is 6.92 Å². The fourth-order valence-corrected chi connectivity index (χ4v) is 3.17. The minimum atomic E-state index is -0.0644. The van der Waals surface area contributed by atoms with Crippen LogP contribution in [0.4, 0.5) is 0 Å². The van der Waals surface area contributed by atoms with E-state index in [0.29, 0.717) is 11.9 Å². The Balaban J connectivity index is 1.47. The van der Waals surface area contributed by atoms with E-state index in [-0.39, 0.29) is 12.5 Å². The summed E-state index contributed by atoms with van der Waals surface area (Å²) in [5, 5.41) is 15.4. The second-order valence-electron chi connectivity index (χ2n) is 6.25. The van der Waals surface area contributed by atoms with Crippen molar-refractivity contribution in [3.05, 3.63) is 24.0 Å². The number of imidazole rings is 1. The summed E-state index contributed by atoms with van der Waals surface area (Å²) in [4.78, 5) is 20.9. The average Bonchev–Trinajstić information content (AvgIpc) is 3.26. The highest BCUT2D eigenvalue weighted by atomic mass is 16.2. The maximum Gasteiger partial charge on any atom is 0.243 e. The summed E-state index contributed by atoms with van der Waals surface area (Å²) in [7, 11) is 0. The number of hydrogen-bond acceptors (Lipinski definition) is 5. The molecule has 0 saturated heterocycles. The van der Waals surface area contributed by atoms with Crippen LogP contribution in [0.1, 0.15) is 31.5 Å². The molecule has 0 atom stereocenters. The van der Waals surface area contributed by atoms with E-state index in [1.807, 2.05) is 25.1 Å². The normalized spacial score (nSPS) is 15.2. The van der Waals surface area contributed by atoms with Gasteiger partial charge in [-0.25, -0.2) is 4.98 Å². The van der Waals surface area contributed by atoms with Gasteiger partial charge in [-0.15, -0.1) is 10.2 Å². The number of fused-ring (bicyclic) bond motifs is 1. The number of benzene rings is 1. The molecule has 8 heteroatoms. The van der Waals surface area contributed by atoms with Gasteiger partial charge in [0, 0.05) is 11.6 Å². The number of carbonyl (C=O) groups excluding carboxylic acids is 1. The van der Waals surface area contributed by atoms with Gasteiger partial charge in [-0.1, -0.05) is 12.8 Å². The summed E-state index contributed by atoms with van der Waals surface area (Å²) in [6, 6.07) is 6.06. The Bertz CT molecular complexity index is 876. The molecule has 8 nitrogen and oxygen atoms in total. The number of nitrogens with one attached hydrogen (secondary N) is 2. The Morgan fingerprint density at radius 1 is 1.38 bits per heavy atom. The highest BCUT2D eigenvalue weighted by Gasteiger charge is 2.18. The van der Waals surface area contributed by atoms with Crippen molar-refractivity contribution in [2.24, 2.45) is 0 Å². The zero-order chi connectivity index (χ0) is 16.5. The number of carbonyl (C=O) groups is 1. The molecule has 24 heavy (non-hydrogen) atoms. The number of amides is 1. The van der Waals surface area contributed by atoms with Crippen LogP contribution in [0.3, 0.4) is 0 Å². The van der Waals surface area contributed by atoms with Crippen molar-refractivity contribution >= 4 is 16.9 Å². The first kappa shape index (κ1) is 14.8. The number of hydrogen-bond donors (Lipinski definition) is 2. The summed E-state index contributed by atoms with van der Waals surface area (Å²) in [6.07, 6.45) is 4.50. The van der Waals surface area contributed by atoms with Crippen LogP contribution >= 0.6 is 0 Å². The third-order valence-corrected chi connectivity index (χ3v) is 4.32. The van der Waals surface area contributed by atoms with Gasteiger partial charge in [0.05, 0.1) is 11.0 Å². The van der Waals surface area contributed by atoms with Crippen LogP contribution < -0.4 is 5.32 Å². The van der Waals surface area contributed by atoms with Crippen LogP contribution in [0.5, 0.6) is 0 Å². The zero-order valence-corrected chi connectivity index (χ0v) is 13.5. The lowest BCUT2D eigenvalue weighted by Gasteiger charge is -2.10. The molecule has 1 amide bonds. The maximum atomic E-state index is 12.0. The van der Waals surface area contributed by atoms with Gasteiger partial charge in [-0.3, -0.25) is 4.79 Å². The van der Waals surface area contributed by atoms with E-state index in [2.05, 4.69) is 30.7 Å². The molecule has 124 valence electrons. The van der Waals surface area contributed by atoms with Crippen molar-refractivity contribution < 1.29 is 4.79 Å². The monoisotopic (exact) mass is 325 g/mol. The van der Waals surface area contributed by atoms with Gasteiger partial charge in [0.1, 0.15) is 12.4 Å². The number of tetrazole rings is 1. The van der Waals surface area contributed by atoms with Gasteiger partial charge in [-0.05, 0) is 43.2 Å². The van der Waals surface area contributed by atoms with Gasteiger partial charge in [0.2, 0.25) is 11.7 Å². The number of aromatic nitrogens is 6. The zero-order valence-electron chi connectivity index (χ0n) is 13.5. The minimum absolute atomic E-state index is 0.0644. The number of nitrogens with zero attached hydrogens (tertiary/aromatic N) is 5. The molecule has 0 unspecified atom stereocenters. The Hall–Kier alpha value is -2.77. The molecule has 1 aromatic carbocycles. The molecule has 1 saturated carbocycles. The number of rotatable bonds is 4. The van der Waals surface area contributed by atoms with Crippen molar-refractivity contribution in [3.8, 4) is 11.4 Å². The van der Waals surface area contributed by atoms with Crippen LogP contribution in [-0.4, -0.2) is 42.1 Å².